The van der Waals surface area contributed by atoms with E-state index < -0.39 is 0 Å². The van der Waals surface area contributed by atoms with Gasteiger partial charge in [0.1, 0.15) is 5.75 Å². The maximum Gasteiger partial charge on any atom is 0.281 e. The summed E-state index contributed by atoms with van der Waals surface area (Å²) in [6.07, 6.45) is 1.59. The number of carbonyl (C=O) groups is 1. The number of amides is 1. The average Bonchev–Trinajstić information content (AvgIpc) is 2.93. The van der Waals surface area contributed by atoms with Crippen molar-refractivity contribution in [2.45, 2.75) is 0 Å². The molecule has 0 aliphatic heterocycles. The molecule has 0 spiro atoms. The van der Waals surface area contributed by atoms with Crippen LogP contribution in [0.2, 0.25) is 0 Å². The Hall–Kier alpha value is -2.14. The maximum absolute atomic E-state index is 11.6. The molecule has 1 aromatic heterocycles. The molecule has 0 aliphatic rings. The Bertz CT molecular complexity index is 533. The van der Waals surface area contributed by atoms with Crippen LogP contribution in [0.1, 0.15) is 15.2 Å². The Morgan fingerprint density at radius 2 is 2.11 bits per heavy atom. The number of thiophene rings is 1. The van der Waals surface area contributed by atoms with Crippen molar-refractivity contribution < 1.29 is 9.53 Å². The standard InChI is InChI=1S/C13H12N2O2S/c1-17-11-6-4-10(5-7-11)9-14-15-13(16)12-3-2-8-18-12/h2-9H,1H3,(H,15,16)/b14-9-. The lowest BCUT2D eigenvalue weighted by atomic mass is 10.2. The normalized spacial score (nSPS) is 10.5. The summed E-state index contributed by atoms with van der Waals surface area (Å²) in [5.74, 6) is 0.588. The van der Waals surface area contributed by atoms with Crippen molar-refractivity contribution in [2.75, 3.05) is 7.11 Å². The van der Waals surface area contributed by atoms with Gasteiger partial charge in [-0.15, -0.1) is 11.3 Å². The first-order valence-corrected chi connectivity index (χ1v) is 6.18. The first-order valence-electron chi connectivity index (χ1n) is 5.30. The molecular formula is C13H12N2O2S. The van der Waals surface area contributed by atoms with Gasteiger partial charge in [0.15, 0.2) is 0 Å². The lowest BCUT2D eigenvalue weighted by molar-refractivity contribution is 0.0959. The lowest BCUT2D eigenvalue weighted by Gasteiger charge is -1.99. The number of benzene rings is 1. The molecule has 0 aliphatic carbocycles. The van der Waals surface area contributed by atoms with E-state index in [1.807, 2.05) is 35.7 Å². The van der Waals surface area contributed by atoms with E-state index in [4.69, 9.17) is 4.74 Å². The quantitative estimate of drug-likeness (QED) is 0.678. The van der Waals surface area contributed by atoms with Gasteiger partial charge in [-0.25, -0.2) is 5.43 Å². The van der Waals surface area contributed by atoms with Crippen LogP contribution in [0, 0.1) is 0 Å². The maximum atomic E-state index is 11.6. The predicted molar refractivity (Wildman–Crippen MR) is 72.4 cm³/mol. The molecule has 18 heavy (non-hydrogen) atoms. The molecule has 5 heteroatoms. The Morgan fingerprint density at radius 1 is 1.33 bits per heavy atom. The average molecular weight is 260 g/mol. The van der Waals surface area contributed by atoms with Gasteiger partial charge < -0.3 is 4.74 Å². The SMILES string of the molecule is COc1ccc(/C=N\NC(=O)c2cccs2)cc1. The van der Waals surface area contributed by atoms with Crippen molar-refractivity contribution >= 4 is 23.5 Å². The number of methoxy groups -OCH3 is 1. The number of ether oxygens (including phenoxy) is 1. The van der Waals surface area contributed by atoms with Gasteiger partial charge in [-0.1, -0.05) is 6.07 Å². The molecule has 0 saturated carbocycles. The van der Waals surface area contributed by atoms with E-state index in [2.05, 4.69) is 10.5 Å². The van der Waals surface area contributed by atoms with E-state index >= 15 is 0 Å². The van der Waals surface area contributed by atoms with E-state index in [0.29, 0.717) is 4.88 Å². The van der Waals surface area contributed by atoms with Gasteiger partial charge in [-0.3, -0.25) is 4.79 Å². The minimum Gasteiger partial charge on any atom is -0.497 e. The van der Waals surface area contributed by atoms with Crippen LogP contribution in [0.3, 0.4) is 0 Å². The van der Waals surface area contributed by atoms with Crippen molar-refractivity contribution in [1.82, 2.24) is 5.43 Å². The van der Waals surface area contributed by atoms with E-state index in [9.17, 15) is 4.79 Å². The van der Waals surface area contributed by atoms with E-state index in [1.165, 1.54) is 11.3 Å². The minimum absolute atomic E-state index is 0.199. The number of nitrogens with one attached hydrogen (secondary N) is 1. The molecule has 2 rings (SSSR count). The first-order chi connectivity index (χ1) is 8.79. The number of hydrogen-bond donors (Lipinski definition) is 1. The predicted octanol–water partition coefficient (Wildman–Crippen LogP) is 2.52. The van der Waals surface area contributed by atoms with Crippen molar-refractivity contribution in [3.05, 3.63) is 52.2 Å². The molecule has 1 amide bonds. The zero-order valence-electron chi connectivity index (χ0n) is 9.79. The summed E-state index contributed by atoms with van der Waals surface area (Å²) >= 11 is 1.38. The zero-order chi connectivity index (χ0) is 12.8. The summed E-state index contributed by atoms with van der Waals surface area (Å²) in [5.41, 5.74) is 3.36. The molecule has 0 atom stereocenters. The van der Waals surface area contributed by atoms with Crippen LogP contribution in [0.25, 0.3) is 0 Å². The van der Waals surface area contributed by atoms with Crippen LogP contribution in [0.15, 0.2) is 46.9 Å². The highest BCUT2D eigenvalue weighted by molar-refractivity contribution is 7.12. The van der Waals surface area contributed by atoms with Gasteiger partial charge in [0.05, 0.1) is 18.2 Å². The Morgan fingerprint density at radius 3 is 2.72 bits per heavy atom. The molecule has 0 saturated heterocycles. The van der Waals surface area contributed by atoms with Crippen molar-refractivity contribution in [3.63, 3.8) is 0 Å². The molecule has 2 aromatic rings. The highest BCUT2D eigenvalue weighted by atomic mass is 32.1. The van der Waals surface area contributed by atoms with Crippen LogP contribution in [-0.4, -0.2) is 19.2 Å². The molecule has 92 valence electrons. The van der Waals surface area contributed by atoms with Crippen molar-refractivity contribution in [3.8, 4) is 5.75 Å². The number of rotatable bonds is 4. The van der Waals surface area contributed by atoms with Crippen LogP contribution in [-0.2, 0) is 0 Å². The molecule has 1 aromatic carbocycles. The molecule has 0 unspecified atom stereocenters. The first kappa shape index (κ1) is 12.3. The molecule has 0 radical (unpaired) electrons. The Kier molecular flexibility index (Phi) is 4.09. The third-order valence-electron chi connectivity index (χ3n) is 2.24. The molecule has 0 fully saturated rings. The second kappa shape index (κ2) is 5.97. The highest BCUT2D eigenvalue weighted by Crippen LogP contribution is 2.10. The third kappa shape index (κ3) is 3.18. The van der Waals surface area contributed by atoms with Gasteiger partial charge in [0, 0.05) is 0 Å². The number of hydrogen-bond acceptors (Lipinski definition) is 4. The fourth-order valence-electron chi connectivity index (χ4n) is 1.32. The van der Waals surface area contributed by atoms with Crippen LogP contribution < -0.4 is 10.2 Å². The largest absolute Gasteiger partial charge is 0.497 e. The highest BCUT2D eigenvalue weighted by Gasteiger charge is 2.03. The smallest absolute Gasteiger partial charge is 0.281 e. The number of carbonyl (C=O) groups excluding carboxylic acids is 1. The van der Waals surface area contributed by atoms with Gasteiger partial charge in [0.25, 0.3) is 5.91 Å². The molecule has 4 nitrogen and oxygen atoms in total. The van der Waals surface area contributed by atoms with Crippen LogP contribution in [0.4, 0.5) is 0 Å². The van der Waals surface area contributed by atoms with E-state index in [-0.39, 0.29) is 5.91 Å². The second-order valence-electron chi connectivity index (χ2n) is 3.45. The minimum atomic E-state index is -0.199. The topological polar surface area (TPSA) is 50.7 Å². The summed E-state index contributed by atoms with van der Waals surface area (Å²) < 4.78 is 5.05. The van der Waals surface area contributed by atoms with Gasteiger partial charge in [0.2, 0.25) is 0 Å². The lowest BCUT2D eigenvalue weighted by Crippen LogP contribution is -2.16. The Labute approximate surface area is 109 Å². The third-order valence-corrected chi connectivity index (χ3v) is 3.11. The monoisotopic (exact) mass is 260 g/mol. The van der Waals surface area contributed by atoms with E-state index in [0.717, 1.165) is 11.3 Å². The van der Waals surface area contributed by atoms with Crippen molar-refractivity contribution in [1.29, 1.82) is 0 Å². The molecule has 1 heterocycles. The second-order valence-corrected chi connectivity index (χ2v) is 4.40. The summed E-state index contributed by atoms with van der Waals surface area (Å²) in [5, 5.41) is 5.74. The summed E-state index contributed by atoms with van der Waals surface area (Å²) in [4.78, 5) is 12.2. The van der Waals surface area contributed by atoms with Crippen molar-refractivity contribution in [2.24, 2.45) is 5.10 Å². The summed E-state index contributed by atoms with van der Waals surface area (Å²) in [6.45, 7) is 0. The summed E-state index contributed by atoms with van der Waals surface area (Å²) in [6, 6.07) is 11.0. The number of nitrogens with zero attached hydrogens (tertiary/aromatic N) is 1. The fraction of sp³-hybridized carbons (Fsp3) is 0.0769. The number of hydrazone groups is 1. The van der Waals surface area contributed by atoms with Crippen LogP contribution in [0.5, 0.6) is 5.75 Å². The van der Waals surface area contributed by atoms with E-state index in [1.54, 1.807) is 19.4 Å². The van der Waals surface area contributed by atoms with Crippen LogP contribution >= 0.6 is 11.3 Å². The molecular weight excluding hydrogens is 248 g/mol. The zero-order valence-corrected chi connectivity index (χ0v) is 10.6. The molecule has 0 bridgehead atoms. The fourth-order valence-corrected chi connectivity index (χ4v) is 1.93. The molecule has 1 N–H and O–H groups in total. The summed E-state index contributed by atoms with van der Waals surface area (Å²) in [7, 11) is 1.62. The van der Waals surface area contributed by atoms with Gasteiger partial charge in [-0.2, -0.15) is 5.10 Å². The Balaban J connectivity index is 1.93. The van der Waals surface area contributed by atoms with Gasteiger partial charge in [-0.05, 0) is 41.3 Å². The van der Waals surface area contributed by atoms with Gasteiger partial charge >= 0.3 is 0 Å².